The number of rotatable bonds is 11. The van der Waals surface area contributed by atoms with Crippen LogP contribution in [0.25, 0.3) is 0 Å². The number of nitrogens with one attached hydrogen (secondary N) is 2. The molecule has 0 unspecified atom stereocenters. The van der Waals surface area contributed by atoms with Crippen LogP contribution in [0.1, 0.15) is 16.9 Å². The first-order chi connectivity index (χ1) is 11.7. The zero-order chi connectivity index (χ0) is 17.2. The third-order valence-corrected chi connectivity index (χ3v) is 4.42. The van der Waals surface area contributed by atoms with Crippen LogP contribution in [0.4, 0.5) is 5.69 Å². The lowest BCUT2D eigenvalue weighted by molar-refractivity contribution is -0.136. The van der Waals surface area contributed by atoms with E-state index < -0.39 is 5.97 Å². The Hall–Kier alpha value is -2.12. The molecule has 0 aliphatic heterocycles. The molecule has 0 aliphatic carbocycles. The summed E-state index contributed by atoms with van der Waals surface area (Å²) in [5, 5.41) is 17.5. The first-order valence-corrected chi connectivity index (χ1v) is 8.78. The molecule has 6 nitrogen and oxygen atoms in total. The SMILES string of the molecule is COc1ncccc1NCCCNCCc1csc(CC(=O)O)c1. The second-order valence-electron chi connectivity index (χ2n) is 5.33. The predicted octanol–water partition coefficient (Wildman–Crippen LogP) is 2.41. The molecule has 2 aromatic rings. The Bertz CT molecular complexity index is 646. The summed E-state index contributed by atoms with van der Waals surface area (Å²) in [6.45, 7) is 2.65. The van der Waals surface area contributed by atoms with Gasteiger partial charge in [-0.05, 0) is 55.1 Å². The van der Waals surface area contributed by atoms with Gasteiger partial charge in [-0.3, -0.25) is 4.79 Å². The lowest BCUT2D eigenvalue weighted by Gasteiger charge is -2.10. The maximum atomic E-state index is 10.7. The van der Waals surface area contributed by atoms with Gasteiger partial charge >= 0.3 is 5.97 Å². The van der Waals surface area contributed by atoms with Gasteiger partial charge in [-0.2, -0.15) is 0 Å². The highest BCUT2D eigenvalue weighted by Gasteiger charge is 2.04. The Morgan fingerprint density at radius 2 is 2.25 bits per heavy atom. The van der Waals surface area contributed by atoms with E-state index >= 15 is 0 Å². The van der Waals surface area contributed by atoms with E-state index in [1.807, 2.05) is 23.6 Å². The van der Waals surface area contributed by atoms with Crippen molar-refractivity contribution in [1.29, 1.82) is 0 Å². The zero-order valence-electron chi connectivity index (χ0n) is 13.7. The quantitative estimate of drug-likeness (QED) is 0.540. The lowest BCUT2D eigenvalue weighted by atomic mass is 10.2. The van der Waals surface area contributed by atoms with Crippen LogP contribution in [0.15, 0.2) is 29.8 Å². The van der Waals surface area contributed by atoms with Crippen LogP contribution in [-0.2, 0) is 17.6 Å². The Morgan fingerprint density at radius 3 is 3.04 bits per heavy atom. The highest BCUT2D eigenvalue weighted by molar-refractivity contribution is 7.10. The molecule has 0 bridgehead atoms. The Kier molecular flexibility index (Phi) is 7.51. The number of thiophene rings is 1. The van der Waals surface area contributed by atoms with Crippen molar-refractivity contribution < 1.29 is 14.6 Å². The van der Waals surface area contributed by atoms with E-state index in [-0.39, 0.29) is 6.42 Å². The van der Waals surface area contributed by atoms with E-state index in [0.29, 0.717) is 5.88 Å². The number of aromatic nitrogens is 1. The molecule has 2 aromatic heterocycles. The van der Waals surface area contributed by atoms with Crippen molar-refractivity contribution in [2.75, 3.05) is 32.1 Å². The largest absolute Gasteiger partial charge is 0.481 e. The standard InChI is InChI=1S/C17H23N3O3S/c1-23-17-15(4-2-7-20-17)19-8-3-6-18-9-5-13-10-14(24-12-13)11-16(21)22/h2,4,7,10,12,18-19H,3,5-6,8-9,11H2,1H3,(H,21,22). The molecule has 0 atom stereocenters. The van der Waals surface area contributed by atoms with E-state index in [1.165, 1.54) is 16.9 Å². The Balaban J connectivity index is 1.57. The number of carboxylic acids is 1. The lowest BCUT2D eigenvalue weighted by Crippen LogP contribution is -2.20. The van der Waals surface area contributed by atoms with Crippen molar-refractivity contribution >= 4 is 23.0 Å². The molecule has 0 aromatic carbocycles. The van der Waals surface area contributed by atoms with Gasteiger partial charge in [0.15, 0.2) is 0 Å². The second kappa shape index (κ2) is 9.89. The van der Waals surface area contributed by atoms with Gasteiger partial charge in [0.25, 0.3) is 0 Å². The molecule has 0 saturated heterocycles. The molecule has 0 aliphatic rings. The zero-order valence-corrected chi connectivity index (χ0v) is 14.6. The minimum Gasteiger partial charge on any atom is -0.481 e. The third kappa shape index (κ3) is 6.17. The molecule has 3 N–H and O–H groups in total. The number of anilines is 1. The number of nitrogens with zero attached hydrogens (tertiary/aromatic N) is 1. The number of carboxylic acid groups (broad SMARTS) is 1. The van der Waals surface area contributed by atoms with Crippen LogP contribution in [0, 0.1) is 0 Å². The number of aliphatic carboxylic acids is 1. The average Bonchev–Trinajstić information content (AvgIpc) is 3.01. The van der Waals surface area contributed by atoms with Gasteiger partial charge in [-0.15, -0.1) is 11.3 Å². The van der Waals surface area contributed by atoms with Crippen LogP contribution in [0.2, 0.25) is 0 Å². The smallest absolute Gasteiger partial charge is 0.308 e. The van der Waals surface area contributed by atoms with Crippen molar-refractivity contribution in [3.63, 3.8) is 0 Å². The molecule has 0 radical (unpaired) electrons. The fourth-order valence-corrected chi connectivity index (χ4v) is 3.20. The monoisotopic (exact) mass is 349 g/mol. The molecule has 0 fully saturated rings. The Labute approximate surface area is 145 Å². The number of carbonyl (C=O) groups is 1. The van der Waals surface area contributed by atoms with Gasteiger partial charge in [0, 0.05) is 17.6 Å². The van der Waals surface area contributed by atoms with Crippen LogP contribution in [0.3, 0.4) is 0 Å². The fraction of sp³-hybridized carbons (Fsp3) is 0.412. The molecular weight excluding hydrogens is 326 g/mol. The van der Waals surface area contributed by atoms with Gasteiger partial charge in [0.1, 0.15) is 0 Å². The molecule has 0 spiro atoms. The van der Waals surface area contributed by atoms with Crippen molar-refractivity contribution in [2.45, 2.75) is 19.3 Å². The number of hydrogen-bond acceptors (Lipinski definition) is 6. The topological polar surface area (TPSA) is 83.5 Å². The minimum atomic E-state index is -0.778. The molecule has 2 rings (SSSR count). The van der Waals surface area contributed by atoms with Gasteiger partial charge < -0.3 is 20.5 Å². The number of hydrogen-bond donors (Lipinski definition) is 3. The van der Waals surface area contributed by atoms with E-state index in [9.17, 15) is 4.79 Å². The molecule has 24 heavy (non-hydrogen) atoms. The average molecular weight is 349 g/mol. The van der Waals surface area contributed by atoms with E-state index in [4.69, 9.17) is 9.84 Å². The summed E-state index contributed by atoms with van der Waals surface area (Å²) in [4.78, 5) is 15.7. The minimum absolute atomic E-state index is 0.113. The number of methoxy groups -OCH3 is 1. The Morgan fingerprint density at radius 1 is 1.38 bits per heavy atom. The summed E-state index contributed by atoms with van der Waals surface area (Å²) in [6, 6.07) is 5.81. The van der Waals surface area contributed by atoms with Crippen LogP contribution < -0.4 is 15.4 Å². The van der Waals surface area contributed by atoms with Gasteiger partial charge in [0.05, 0.1) is 19.2 Å². The van der Waals surface area contributed by atoms with Crippen LogP contribution in [0.5, 0.6) is 5.88 Å². The molecule has 7 heteroatoms. The summed E-state index contributed by atoms with van der Waals surface area (Å²) >= 11 is 1.51. The summed E-state index contributed by atoms with van der Waals surface area (Å²) in [7, 11) is 1.61. The second-order valence-corrected chi connectivity index (χ2v) is 6.33. The van der Waals surface area contributed by atoms with E-state index in [1.54, 1.807) is 13.3 Å². The third-order valence-electron chi connectivity index (χ3n) is 3.43. The maximum absolute atomic E-state index is 10.7. The molecule has 2 heterocycles. The maximum Gasteiger partial charge on any atom is 0.308 e. The predicted molar refractivity (Wildman–Crippen MR) is 96.1 cm³/mol. The number of ether oxygens (including phenoxy) is 1. The summed E-state index contributed by atoms with van der Waals surface area (Å²) in [5.74, 6) is -0.167. The van der Waals surface area contributed by atoms with E-state index in [2.05, 4.69) is 15.6 Å². The summed E-state index contributed by atoms with van der Waals surface area (Å²) in [6.07, 6.45) is 3.73. The molecular formula is C17H23N3O3S. The normalized spacial score (nSPS) is 10.5. The first kappa shape index (κ1) is 18.2. The van der Waals surface area contributed by atoms with Gasteiger partial charge in [0.2, 0.25) is 5.88 Å². The highest BCUT2D eigenvalue weighted by Crippen LogP contribution is 2.19. The molecule has 0 saturated carbocycles. The van der Waals surface area contributed by atoms with Crippen LogP contribution >= 0.6 is 11.3 Å². The summed E-state index contributed by atoms with van der Waals surface area (Å²) in [5.41, 5.74) is 2.10. The van der Waals surface area contributed by atoms with Crippen molar-refractivity contribution in [2.24, 2.45) is 0 Å². The molecule has 0 amide bonds. The van der Waals surface area contributed by atoms with Crippen molar-refractivity contribution in [1.82, 2.24) is 10.3 Å². The van der Waals surface area contributed by atoms with Crippen LogP contribution in [-0.4, -0.2) is 42.8 Å². The number of pyridine rings is 1. The van der Waals surface area contributed by atoms with Gasteiger partial charge in [-0.25, -0.2) is 4.98 Å². The van der Waals surface area contributed by atoms with Crippen molar-refractivity contribution in [3.8, 4) is 5.88 Å². The fourth-order valence-electron chi connectivity index (χ4n) is 2.28. The molecule has 130 valence electrons. The highest BCUT2D eigenvalue weighted by atomic mass is 32.1. The van der Waals surface area contributed by atoms with E-state index in [0.717, 1.165) is 43.0 Å². The van der Waals surface area contributed by atoms with Crippen molar-refractivity contribution in [3.05, 3.63) is 40.2 Å². The summed E-state index contributed by atoms with van der Waals surface area (Å²) < 4.78 is 5.19. The van der Waals surface area contributed by atoms with Gasteiger partial charge in [-0.1, -0.05) is 0 Å². The first-order valence-electron chi connectivity index (χ1n) is 7.90.